The summed E-state index contributed by atoms with van der Waals surface area (Å²) < 4.78 is 10.5. The van der Waals surface area contributed by atoms with Gasteiger partial charge in [-0.15, -0.1) is 0 Å². The van der Waals surface area contributed by atoms with Crippen LogP contribution in [0, 0.1) is 0 Å². The van der Waals surface area contributed by atoms with Gasteiger partial charge in [0.05, 0.1) is 7.11 Å². The van der Waals surface area contributed by atoms with Crippen LogP contribution >= 0.6 is 0 Å². The van der Waals surface area contributed by atoms with Crippen molar-refractivity contribution in [2.45, 2.75) is 0 Å². The second kappa shape index (κ2) is 4.53. The summed E-state index contributed by atoms with van der Waals surface area (Å²) in [5.41, 5.74) is 0.915. The molecule has 2 heterocycles. The molecular formula is C14H10N2O3. The van der Waals surface area contributed by atoms with E-state index in [0.29, 0.717) is 11.5 Å². The van der Waals surface area contributed by atoms with E-state index in [2.05, 4.69) is 9.97 Å². The number of rotatable bonds is 3. The first-order valence-corrected chi connectivity index (χ1v) is 5.67. The van der Waals surface area contributed by atoms with Gasteiger partial charge in [-0.3, -0.25) is 4.79 Å². The minimum absolute atomic E-state index is 0.242. The zero-order chi connectivity index (χ0) is 13.2. The Kier molecular flexibility index (Phi) is 2.72. The van der Waals surface area contributed by atoms with Crippen LogP contribution in [0.15, 0.2) is 47.1 Å². The van der Waals surface area contributed by atoms with Crippen molar-refractivity contribution in [1.82, 2.24) is 9.97 Å². The highest BCUT2D eigenvalue weighted by atomic mass is 16.5. The van der Waals surface area contributed by atoms with E-state index in [4.69, 9.17) is 9.15 Å². The molecule has 19 heavy (non-hydrogen) atoms. The molecule has 0 bridgehead atoms. The van der Waals surface area contributed by atoms with Gasteiger partial charge in [0.15, 0.2) is 5.76 Å². The predicted molar refractivity (Wildman–Crippen MR) is 68.2 cm³/mol. The third-order valence-corrected chi connectivity index (χ3v) is 2.73. The number of methoxy groups -OCH3 is 1. The summed E-state index contributed by atoms with van der Waals surface area (Å²) in [6.45, 7) is 0. The topological polar surface area (TPSA) is 65.2 Å². The molecule has 0 fully saturated rings. The van der Waals surface area contributed by atoms with Crippen LogP contribution in [0.4, 0.5) is 0 Å². The standard InChI is InChI=1S/C14H10N2O3/c1-18-13-7-10(15-8-16-13)14(17)12-6-9-4-2-3-5-11(9)19-12/h2-8H,1H3. The summed E-state index contributed by atoms with van der Waals surface area (Å²) >= 11 is 0. The highest BCUT2D eigenvalue weighted by Crippen LogP contribution is 2.21. The van der Waals surface area contributed by atoms with E-state index >= 15 is 0 Å². The number of carbonyl (C=O) groups excluding carboxylic acids is 1. The van der Waals surface area contributed by atoms with Gasteiger partial charge in [0.1, 0.15) is 17.6 Å². The lowest BCUT2D eigenvalue weighted by atomic mass is 10.2. The summed E-state index contributed by atoms with van der Waals surface area (Å²) in [6.07, 6.45) is 1.29. The normalized spacial score (nSPS) is 10.6. The molecule has 3 aromatic rings. The maximum Gasteiger partial charge on any atom is 0.246 e. The van der Waals surface area contributed by atoms with E-state index in [9.17, 15) is 4.79 Å². The second-order valence-corrected chi connectivity index (χ2v) is 3.92. The van der Waals surface area contributed by atoms with E-state index in [-0.39, 0.29) is 17.2 Å². The molecule has 2 aromatic heterocycles. The molecule has 0 atom stereocenters. The molecule has 0 radical (unpaired) electrons. The molecule has 5 heteroatoms. The molecule has 0 aliphatic carbocycles. The highest BCUT2D eigenvalue weighted by molar-refractivity contribution is 6.07. The smallest absolute Gasteiger partial charge is 0.246 e. The first kappa shape index (κ1) is 11.4. The fourth-order valence-corrected chi connectivity index (χ4v) is 1.80. The van der Waals surface area contributed by atoms with E-state index in [1.54, 1.807) is 6.07 Å². The van der Waals surface area contributed by atoms with Crippen molar-refractivity contribution in [3.05, 3.63) is 54.2 Å². The third-order valence-electron chi connectivity index (χ3n) is 2.73. The SMILES string of the molecule is COc1cc(C(=O)c2cc3ccccc3o2)ncn1. The van der Waals surface area contributed by atoms with Crippen LogP contribution in [0.5, 0.6) is 5.88 Å². The van der Waals surface area contributed by atoms with Crippen LogP contribution in [-0.4, -0.2) is 22.9 Å². The predicted octanol–water partition coefficient (Wildman–Crippen LogP) is 2.46. The average Bonchev–Trinajstić information content (AvgIpc) is 2.90. The maximum absolute atomic E-state index is 12.2. The molecule has 3 rings (SSSR count). The Morgan fingerprint density at radius 1 is 1.21 bits per heavy atom. The zero-order valence-corrected chi connectivity index (χ0v) is 10.2. The van der Waals surface area contributed by atoms with Gasteiger partial charge in [0, 0.05) is 11.5 Å². The van der Waals surface area contributed by atoms with E-state index < -0.39 is 0 Å². The van der Waals surface area contributed by atoms with Crippen molar-refractivity contribution in [1.29, 1.82) is 0 Å². The van der Waals surface area contributed by atoms with Crippen molar-refractivity contribution in [3.8, 4) is 5.88 Å². The monoisotopic (exact) mass is 254 g/mol. The van der Waals surface area contributed by atoms with Gasteiger partial charge in [-0.25, -0.2) is 9.97 Å². The molecule has 0 amide bonds. The molecule has 1 aromatic carbocycles. The number of nitrogens with zero attached hydrogens (tertiary/aromatic N) is 2. The first-order chi connectivity index (χ1) is 9.28. The van der Waals surface area contributed by atoms with Gasteiger partial charge < -0.3 is 9.15 Å². The number of carbonyl (C=O) groups is 1. The lowest BCUT2D eigenvalue weighted by Gasteiger charge is -1.99. The minimum atomic E-state index is -0.295. The molecule has 0 saturated heterocycles. The van der Waals surface area contributed by atoms with Gasteiger partial charge in [-0.1, -0.05) is 18.2 Å². The molecule has 5 nitrogen and oxygen atoms in total. The van der Waals surface area contributed by atoms with Crippen LogP contribution in [0.3, 0.4) is 0 Å². The fourth-order valence-electron chi connectivity index (χ4n) is 1.80. The Morgan fingerprint density at radius 3 is 2.84 bits per heavy atom. The molecular weight excluding hydrogens is 244 g/mol. The van der Waals surface area contributed by atoms with Gasteiger partial charge in [-0.05, 0) is 12.1 Å². The van der Waals surface area contributed by atoms with E-state index in [1.165, 1.54) is 19.5 Å². The quantitative estimate of drug-likeness (QED) is 0.672. The summed E-state index contributed by atoms with van der Waals surface area (Å²) in [7, 11) is 1.48. The Morgan fingerprint density at radius 2 is 2.05 bits per heavy atom. The van der Waals surface area contributed by atoms with Crippen LogP contribution < -0.4 is 4.74 Å². The highest BCUT2D eigenvalue weighted by Gasteiger charge is 2.16. The number of furan rings is 1. The Labute approximate surface area is 108 Å². The van der Waals surface area contributed by atoms with Crippen molar-refractivity contribution < 1.29 is 13.9 Å². The van der Waals surface area contributed by atoms with Crippen molar-refractivity contribution in [2.24, 2.45) is 0 Å². The fraction of sp³-hybridized carbons (Fsp3) is 0.0714. The second-order valence-electron chi connectivity index (χ2n) is 3.92. The summed E-state index contributed by atoms with van der Waals surface area (Å²) in [4.78, 5) is 20.0. The minimum Gasteiger partial charge on any atom is -0.481 e. The lowest BCUT2D eigenvalue weighted by Crippen LogP contribution is -2.03. The molecule has 0 N–H and O–H groups in total. The van der Waals surface area contributed by atoms with Crippen molar-refractivity contribution in [2.75, 3.05) is 7.11 Å². The van der Waals surface area contributed by atoms with Gasteiger partial charge in [0.2, 0.25) is 11.7 Å². The summed E-state index contributed by atoms with van der Waals surface area (Å²) in [5, 5.41) is 0.881. The van der Waals surface area contributed by atoms with Crippen LogP contribution in [0.25, 0.3) is 11.0 Å². The van der Waals surface area contributed by atoms with Gasteiger partial charge in [-0.2, -0.15) is 0 Å². The van der Waals surface area contributed by atoms with Crippen molar-refractivity contribution in [3.63, 3.8) is 0 Å². The summed E-state index contributed by atoms with van der Waals surface area (Å²) in [6, 6.07) is 10.6. The Bertz CT molecular complexity index is 716. The van der Waals surface area contributed by atoms with Crippen LogP contribution in [0.2, 0.25) is 0 Å². The van der Waals surface area contributed by atoms with E-state index in [0.717, 1.165) is 5.39 Å². The van der Waals surface area contributed by atoms with Crippen molar-refractivity contribution >= 4 is 16.8 Å². The molecule has 0 saturated carbocycles. The lowest BCUT2D eigenvalue weighted by molar-refractivity contribution is 0.101. The van der Waals surface area contributed by atoms with Crippen LogP contribution in [0.1, 0.15) is 16.2 Å². The number of fused-ring (bicyclic) bond motifs is 1. The molecule has 0 aliphatic heterocycles. The number of ketones is 1. The molecule has 0 unspecified atom stereocenters. The Hall–Kier alpha value is -2.69. The van der Waals surface area contributed by atoms with E-state index in [1.807, 2.05) is 24.3 Å². The largest absolute Gasteiger partial charge is 0.481 e. The third kappa shape index (κ3) is 2.06. The number of aromatic nitrogens is 2. The maximum atomic E-state index is 12.2. The Balaban J connectivity index is 2.02. The summed E-state index contributed by atoms with van der Waals surface area (Å²) in [5.74, 6) is 0.299. The van der Waals surface area contributed by atoms with Gasteiger partial charge in [0.25, 0.3) is 0 Å². The van der Waals surface area contributed by atoms with Crippen LogP contribution in [-0.2, 0) is 0 Å². The number of hydrogen-bond acceptors (Lipinski definition) is 5. The first-order valence-electron chi connectivity index (χ1n) is 5.67. The molecule has 0 spiro atoms. The number of hydrogen-bond donors (Lipinski definition) is 0. The number of para-hydroxylation sites is 1. The number of benzene rings is 1. The average molecular weight is 254 g/mol. The number of ether oxygens (including phenoxy) is 1. The van der Waals surface area contributed by atoms with Gasteiger partial charge >= 0.3 is 0 Å². The molecule has 0 aliphatic rings. The molecule has 94 valence electrons. The zero-order valence-electron chi connectivity index (χ0n) is 10.2.